The highest BCUT2D eigenvalue weighted by Gasteiger charge is 2.17. The number of azo groups is 1. The van der Waals surface area contributed by atoms with E-state index in [1.165, 1.54) is 13.2 Å². The molecule has 0 saturated heterocycles. The van der Waals surface area contributed by atoms with Gasteiger partial charge in [0.25, 0.3) is 0 Å². The van der Waals surface area contributed by atoms with Crippen LogP contribution in [-0.2, 0) is 22.6 Å². The van der Waals surface area contributed by atoms with Gasteiger partial charge in [-0.05, 0) is 18.2 Å². The molecular weight excluding hydrogens is 324 g/mol. The molecule has 8 heteroatoms. The van der Waals surface area contributed by atoms with Crippen LogP contribution in [0.2, 0.25) is 0 Å². The van der Waals surface area contributed by atoms with Crippen LogP contribution in [0.15, 0.2) is 52.8 Å². The van der Waals surface area contributed by atoms with Crippen molar-refractivity contribution in [1.82, 2.24) is 9.38 Å². The fraction of sp³-hybridized carbons (Fsp3) is 0.176. The number of imidazole rings is 1. The third kappa shape index (κ3) is 3.33. The third-order valence-corrected chi connectivity index (χ3v) is 3.62. The third-order valence-electron chi connectivity index (χ3n) is 3.62. The number of fused-ring (bicyclic) bond motifs is 1. The summed E-state index contributed by atoms with van der Waals surface area (Å²) in [6.07, 6.45) is 1.62. The molecule has 3 rings (SSSR count). The molecule has 0 atom stereocenters. The van der Waals surface area contributed by atoms with Crippen LogP contribution in [0.4, 0.5) is 11.5 Å². The van der Waals surface area contributed by atoms with Gasteiger partial charge in [-0.3, -0.25) is 9.20 Å². The topological polar surface area (TPSA) is 109 Å². The number of carbonyl (C=O) groups is 1. The van der Waals surface area contributed by atoms with Gasteiger partial charge in [0, 0.05) is 11.8 Å². The lowest BCUT2D eigenvalue weighted by Gasteiger charge is -2.01. The van der Waals surface area contributed by atoms with Gasteiger partial charge in [-0.15, -0.1) is 10.2 Å². The number of para-hydroxylation sites is 1. The molecule has 0 aliphatic carbocycles. The molecule has 0 bridgehead atoms. The fourth-order valence-electron chi connectivity index (χ4n) is 2.37. The zero-order chi connectivity index (χ0) is 17.8. The maximum absolute atomic E-state index is 11.7. The van der Waals surface area contributed by atoms with Crippen molar-refractivity contribution < 1.29 is 19.7 Å². The molecule has 0 radical (unpaired) electrons. The van der Waals surface area contributed by atoms with Gasteiger partial charge in [-0.25, -0.2) is 4.98 Å². The van der Waals surface area contributed by atoms with Crippen molar-refractivity contribution >= 4 is 23.1 Å². The molecule has 0 aliphatic rings. The molecule has 2 heterocycles. The van der Waals surface area contributed by atoms with Crippen LogP contribution in [0.3, 0.4) is 0 Å². The average Bonchev–Trinajstić information content (AvgIpc) is 2.98. The molecule has 0 aliphatic heterocycles. The van der Waals surface area contributed by atoms with Crippen LogP contribution in [0.5, 0.6) is 5.75 Å². The molecule has 0 amide bonds. The van der Waals surface area contributed by atoms with Crippen LogP contribution in [0.25, 0.3) is 5.65 Å². The summed E-state index contributed by atoms with van der Waals surface area (Å²) in [5.41, 5.74) is 1.74. The van der Waals surface area contributed by atoms with Gasteiger partial charge in [-0.1, -0.05) is 18.2 Å². The van der Waals surface area contributed by atoms with Gasteiger partial charge in [0.2, 0.25) is 0 Å². The first-order valence-electron chi connectivity index (χ1n) is 7.50. The summed E-state index contributed by atoms with van der Waals surface area (Å²) in [6, 6.07) is 9.99. The SMILES string of the molecule is COC(=O)Cc1nc2c(CO)cccn2c1N=Nc1ccccc1O. The smallest absolute Gasteiger partial charge is 0.311 e. The Hall–Kier alpha value is -3.26. The minimum atomic E-state index is -0.465. The number of methoxy groups -OCH3 is 1. The number of carbonyl (C=O) groups excluding carboxylic acids is 1. The Labute approximate surface area is 143 Å². The Morgan fingerprint density at radius 1 is 1.24 bits per heavy atom. The van der Waals surface area contributed by atoms with Crippen LogP contribution >= 0.6 is 0 Å². The van der Waals surface area contributed by atoms with Crippen LogP contribution < -0.4 is 0 Å². The van der Waals surface area contributed by atoms with E-state index in [2.05, 4.69) is 15.2 Å². The molecule has 1 aromatic carbocycles. The van der Waals surface area contributed by atoms with Crippen molar-refractivity contribution in [1.29, 1.82) is 0 Å². The van der Waals surface area contributed by atoms with Gasteiger partial charge in [0.1, 0.15) is 17.1 Å². The number of phenolic OH excluding ortho intramolecular Hbond substituents is 1. The fourth-order valence-corrected chi connectivity index (χ4v) is 2.37. The number of hydrogen-bond acceptors (Lipinski definition) is 7. The minimum Gasteiger partial charge on any atom is -0.506 e. The second-order valence-electron chi connectivity index (χ2n) is 5.21. The number of pyridine rings is 1. The standard InChI is InChI=1S/C17H16N4O4/c1-25-15(24)9-13-17(20-19-12-6-2-3-7-14(12)23)21-8-4-5-11(10-22)16(21)18-13/h2-8,22-23H,9-10H2,1H3. The number of aromatic hydroxyl groups is 1. The molecule has 0 fully saturated rings. The van der Waals surface area contributed by atoms with Crippen molar-refractivity contribution in [2.45, 2.75) is 13.0 Å². The predicted octanol–water partition coefficient (Wildman–Crippen LogP) is 2.66. The second-order valence-corrected chi connectivity index (χ2v) is 5.21. The Morgan fingerprint density at radius 3 is 2.76 bits per heavy atom. The summed E-state index contributed by atoms with van der Waals surface area (Å²) in [5, 5.41) is 27.5. The van der Waals surface area contributed by atoms with E-state index >= 15 is 0 Å². The van der Waals surface area contributed by atoms with E-state index in [4.69, 9.17) is 4.74 Å². The second kappa shape index (κ2) is 7.10. The number of aliphatic hydroxyl groups is 1. The lowest BCUT2D eigenvalue weighted by molar-refractivity contribution is -0.139. The summed E-state index contributed by atoms with van der Waals surface area (Å²) in [4.78, 5) is 16.1. The van der Waals surface area contributed by atoms with Gasteiger partial charge < -0.3 is 14.9 Å². The quantitative estimate of drug-likeness (QED) is 0.548. The van der Waals surface area contributed by atoms with Crippen LogP contribution in [-0.4, -0.2) is 32.7 Å². The first kappa shape index (κ1) is 16.6. The van der Waals surface area contributed by atoms with Crippen molar-refractivity contribution in [2.75, 3.05) is 7.11 Å². The molecule has 2 aromatic heterocycles. The van der Waals surface area contributed by atoms with E-state index in [0.717, 1.165) is 0 Å². The molecule has 0 spiro atoms. The van der Waals surface area contributed by atoms with E-state index in [0.29, 0.717) is 28.4 Å². The van der Waals surface area contributed by atoms with E-state index in [1.807, 2.05) is 0 Å². The molecule has 2 N–H and O–H groups in total. The average molecular weight is 340 g/mol. The van der Waals surface area contributed by atoms with Gasteiger partial charge in [0.15, 0.2) is 5.82 Å². The van der Waals surface area contributed by atoms with E-state index in [-0.39, 0.29) is 18.8 Å². The number of nitrogens with zero attached hydrogens (tertiary/aromatic N) is 4. The number of aliphatic hydroxyl groups excluding tert-OH is 1. The van der Waals surface area contributed by atoms with Crippen molar-refractivity contribution in [2.24, 2.45) is 10.2 Å². The monoisotopic (exact) mass is 340 g/mol. The number of hydrogen-bond donors (Lipinski definition) is 2. The molecule has 0 saturated carbocycles. The summed E-state index contributed by atoms with van der Waals surface area (Å²) in [6.45, 7) is -0.199. The molecular formula is C17H16N4O4. The van der Waals surface area contributed by atoms with E-state index in [9.17, 15) is 15.0 Å². The highest BCUT2D eigenvalue weighted by molar-refractivity contribution is 5.74. The largest absolute Gasteiger partial charge is 0.506 e. The van der Waals surface area contributed by atoms with E-state index in [1.54, 1.807) is 40.9 Å². The molecule has 128 valence electrons. The first-order valence-corrected chi connectivity index (χ1v) is 7.50. The lowest BCUT2D eigenvalue weighted by atomic mass is 10.3. The highest BCUT2D eigenvalue weighted by Crippen LogP contribution is 2.30. The molecule has 25 heavy (non-hydrogen) atoms. The number of benzene rings is 1. The minimum absolute atomic E-state index is 0.00867. The Morgan fingerprint density at radius 2 is 2.04 bits per heavy atom. The van der Waals surface area contributed by atoms with Crippen LogP contribution in [0.1, 0.15) is 11.3 Å². The summed E-state index contributed by atoms with van der Waals surface area (Å²) < 4.78 is 6.33. The zero-order valence-corrected chi connectivity index (χ0v) is 13.5. The van der Waals surface area contributed by atoms with Gasteiger partial charge in [-0.2, -0.15) is 0 Å². The van der Waals surface area contributed by atoms with Crippen LogP contribution in [0, 0.1) is 0 Å². The summed E-state index contributed by atoms with van der Waals surface area (Å²) >= 11 is 0. The molecule has 8 nitrogen and oxygen atoms in total. The maximum atomic E-state index is 11.7. The Balaban J connectivity index is 2.12. The number of rotatable bonds is 5. The van der Waals surface area contributed by atoms with Gasteiger partial charge in [0.05, 0.1) is 25.8 Å². The Bertz CT molecular complexity index is 949. The normalized spacial score (nSPS) is 11.3. The number of phenols is 1. The van der Waals surface area contributed by atoms with Crippen molar-refractivity contribution in [3.8, 4) is 5.75 Å². The number of ether oxygens (including phenoxy) is 1. The summed E-state index contributed by atoms with van der Waals surface area (Å²) in [5.74, 6) is -0.141. The van der Waals surface area contributed by atoms with Gasteiger partial charge >= 0.3 is 5.97 Å². The summed E-state index contributed by atoms with van der Waals surface area (Å²) in [7, 11) is 1.29. The maximum Gasteiger partial charge on any atom is 0.311 e. The van der Waals surface area contributed by atoms with Crippen molar-refractivity contribution in [3.05, 3.63) is 53.9 Å². The zero-order valence-electron chi connectivity index (χ0n) is 13.5. The van der Waals surface area contributed by atoms with E-state index < -0.39 is 5.97 Å². The number of esters is 1. The highest BCUT2D eigenvalue weighted by atomic mass is 16.5. The van der Waals surface area contributed by atoms with Crippen molar-refractivity contribution in [3.63, 3.8) is 0 Å². The molecule has 0 unspecified atom stereocenters. The lowest BCUT2D eigenvalue weighted by Crippen LogP contribution is -2.04. The predicted molar refractivity (Wildman–Crippen MR) is 89.1 cm³/mol. The number of aromatic nitrogens is 2. The first-order chi connectivity index (χ1) is 12.1. The Kier molecular flexibility index (Phi) is 4.71. The molecule has 3 aromatic rings.